The molecule has 0 spiro atoms. The highest BCUT2D eigenvalue weighted by atomic mass is 16.6. The van der Waals surface area contributed by atoms with Crippen molar-refractivity contribution in [2.75, 3.05) is 11.9 Å². The highest BCUT2D eigenvalue weighted by molar-refractivity contribution is 5.98. The molecule has 1 aliphatic rings. The highest BCUT2D eigenvalue weighted by Gasteiger charge is 2.36. The smallest absolute Gasteiger partial charge is 0.305 e. The Bertz CT molecular complexity index is 690. The number of carboxylic acid groups (broad SMARTS) is 1. The normalized spacial score (nSPS) is 17.8. The lowest BCUT2D eigenvalue weighted by Crippen LogP contribution is -2.50. The third kappa shape index (κ3) is 4.51. The van der Waals surface area contributed by atoms with Crippen LogP contribution in [0.4, 0.5) is 11.4 Å². The minimum Gasteiger partial charge on any atom is -0.481 e. The van der Waals surface area contributed by atoms with Gasteiger partial charge in [0.1, 0.15) is 6.04 Å². The minimum absolute atomic E-state index is 0.102. The van der Waals surface area contributed by atoms with Crippen LogP contribution in [0.25, 0.3) is 0 Å². The predicted octanol–water partition coefficient (Wildman–Crippen LogP) is 0.326. The average molecular weight is 350 g/mol. The molecular weight excluding hydrogens is 332 g/mol. The maximum absolute atomic E-state index is 12.4. The van der Waals surface area contributed by atoms with Gasteiger partial charge >= 0.3 is 5.97 Å². The van der Waals surface area contributed by atoms with E-state index in [4.69, 9.17) is 10.8 Å². The number of hydrogen-bond donors (Lipinski definition) is 3. The number of carboxylic acids is 1. The Morgan fingerprint density at radius 1 is 1.36 bits per heavy atom. The molecule has 0 saturated carbocycles. The number of carbonyl (C=O) groups excluding carboxylic acids is 2. The second-order valence-corrected chi connectivity index (χ2v) is 5.69. The fourth-order valence-corrected chi connectivity index (χ4v) is 2.68. The Morgan fingerprint density at radius 3 is 2.56 bits per heavy atom. The topological polar surface area (TPSA) is 156 Å². The first kappa shape index (κ1) is 18.3. The van der Waals surface area contributed by atoms with Crippen LogP contribution in [0.1, 0.15) is 19.3 Å². The summed E-state index contributed by atoms with van der Waals surface area (Å²) in [7, 11) is 0. The highest BCUT2D eigenvalue weighted by Crippen LogP contribution is 2.21. The van der Waals surface area contributed by atoms with Gasteiger partial charge in [0.15, 0.2) is 0 Å². The molecule has 0 bridgehead atoms. The molecule has 0 unspecified atom stereocenters. The van der Waals surface area contributed by atoms with Gasteiger partial charge in [-0.25, -0.2) is 0 Å². The number of benzene rings is 1. The quantitative estimate of drug-likeness (QED) is 0.493. The van der Waals surface area contributed by atoms with Crippen LogP contribution in [0.3, 0.4) is 0 Å². The molecule has 134 valence electrons. The fourth-order valence-electron chi connectivity index (χ4n) is 2.68. The van der Waals surface area contributed by atoms with E-state index in [1.807, 2.05) is 0 Å². The zero-order chi connectivity index (χ0) is 18.6. The number of rotatable bonds is 6. The van der Waals surface area contributed by atoms with E-state index in [1.54, 1.807) is 0 Å². The molecule has 1 fully saturated rings. The van der Waals surface area contributed by atoms with Crippen molar-refractivity contribution in [1.29, 1.82) is 0 Å². The van der Waals surface area contributed by atoms with Crippen LogP contribution in [0.5, 0.6) is 0 Å². The Hall–Kier alpha value is -3.01. The number of hydrogen-bond acceptors (Lipinski definition) is 6. The molecule has 0 radical (unpaired) electrons. The van der Waals surface area contributed by atoms with Gasteiger partial charge in [-0.3, -0.25) is 24.5 Å². The van der Waals surface area contributed by atoms with Gasteiger partial charge in [-0.05, 0) is 25.0 Å². The Labute approximate surface area is 142 Å². The van der Waals surface area contributed by atoms with E-state index in [0.717, 1.165) is 0 Å². The maximum Gasteiger partial charge on any atom is 0.305 e. The molecule has 1 saturated heterocycles. The van der Waals surface area contributed by atoms with Crippen molar-refractivity contribution in [2.45, 2.75) is 31.3 Å². The van der Waals surface area contributed by atoms with Crippen molar-refractivity contribution >= 4 is 29.2 Å². The Balaban J connectivity index is 2.03. The van der Waals surface area contributed by atoms with E-state index in [0.29, 0.717) is 25.1 Å². The summed E-state index contributed by atoms with van der Waals surface area (Å²) in [6.45, 7) is 0.324. The molecule has 0 aliphatic carbocycles. The molecular formula is C15H18N4O6. The van der Waals surface area contributed by atoms with Gasteiger partial charge in [0, 0.05) is 24.4 Å². The van der Waals surface area contributed by atoms with Crippen LogP contribution < -0.4 is 11.1 Å². The van der Waals surface area contributed by atoms with Crippen molar-refractivity contribution in [3.05, 3.63) is 34.4 Å². The number of nitrogens with zero attached hydrogens (tertiary/aromatic N) is 2. The first-order chi connectivity index (χ1) is 11.8. The SMILES string of the molecule is N[C@@H](CC(=O)O)C(=O)N1CCC[C@@H]1C(=O)Nc1ccc([N+](=O)[O-])cc1. The zero-order valence-corrected chi connectivity index (χ0v) is 13.3. The molecule has 1 aromatic rings. The third-order valence-electron chi connectivity index (χ3n) is 3.90. The molecule has 1 aliphatic heterocycles. The van der Waals surface area contributed by atoms with Gasteiger partial charge in [0.05, 0.1) is 17.4 Å². The molecule has 2 atom stereocenters. The summed E-state index contributed by atoms with van der Waals surface area (Å²) in [6, 6.07) is 3.36. The molecule has 1 aromatic carbocycles. The Morgan fingerprint density at radius 2 is 2.00 bits per heavy atom. The standard InChI is InChI=1S/C15H18N4O6/c16-11(8-13(20)21)15(23)18-7-1-2-12(18)14(22)17-9-3-5-10(6-4-9)19(24)25/h3-6,11-12H,1-2,7-8,16H2,(H,17,22)(H,20,21)/t11-,12+/m0/s1. The second kappa shape index (κ2) is 7.71. The lowest BCUT2D eigenvalue weighted by molar-refractivity contribution is -0.384. The zero-order valence-electron chi connectivity index (χ0n) is 13.3. The lowest BCUT2D eigenvalue weighted by atomic mass is 10.1. The fraction of sp³-hybridized carbons (Fsp3) is 0.400. The van der Waals surface area contributed by atoms with Gasteiger partial charge in [-0.1, -0.05) is 0 Å². The minimum atomic E-state index is -1.20. The summed E-state index contributed by atoms with van der Waals surface area (Å²) in [4.78, 5) is 46.7. The number of likely N-dealkylation sites (tertiary alicyclic amines) is 1. The third-order valence-corrected chi connectivity index (χ3v) is 3.90. The predicted molar refractivity (Wildman–Crippen MR) is 86.7 cm³/mol. The number of nitrogens with one attached hydrogen (secondary N) is 1. The molecule has 10 heteroatoms. The number of amides is 2. The van der Waals surface area contributed by atoms with E-state index in [9.17, 15) is 24.5 Å². The number of non-ortho nitro benzene ring substituents is 1. The maximum atomic E-state index is 12.4. The van der Waals surface area contributed by atoms with E-state index in [-0.39, 0.29) is 5.69 Å². The summed E-state index contributed by atoms with van der Waals surface area (Å²) in [5, 5.41) is 22.0. The molecule has 2 amide bonds. The average Bonchev–Trinajstić information content (AvgIpc) is 3.03. The molecule has 1 heterocycles. The van der Waals surface area contributed by atoms with E-state index >= 15 is 0 Å². The number of nitro benzene ring substituents is 1. The number of nitro groups is 1. The van der Waals surface area contributed by atoms with E-state index in [1.165, 1.54) is 29.2 Å². The van der Waals surface area contributed by atoms with Crippen LogP contribution in [-0.4, -0.2) is 51.3 Å². The molecule has 10 nitrogen and oxygen atoms in total. The van der Waals surface area contributed by atoms with Crippen molar-refractivity contribution in [1.82, 2.24) is 4.90 Å². The van der Waals surface area contributed by atoms with E-state index in [2.05, 4.69) is 5.32 Å². The van der Waals surface area contributed by atoms with Crippen LogP contribution in [0.15, 0.2) is 24.3 Å². The van der Waals surface area contributed by atoms with Crippen LogP contribution >= 0.6 is 0 Å². The summed E-state index contributed by atoms with van der Waals surface area (Å²) >= 11 is 0. The number of aliphatic carboxylic acids is 1. The summed E-state index contributed by atoms with van der Waals surface area (Å²) in [5.74, 6) is -2.21. The van der Waals surface area contributed by atoms with Crippen molar-refractivity contribution in [2.24, 2.45) is 5.73 Å². The molecule has 2 rings (SSSR count). The van der Waals surface area contributed by atoms with Gasteiger partial charge in [0.2, 0.25) is 11.8 Å². The Kier molecular flexibility index (Phi) is 5.65. The van der Waals surface area contributed by atoms with Gasteiger partial charge in [-0.2, -0.15) is 0 Å². The van der Waals surface area contributed by atoms with Gasteiger partial charge < -0.3 is 21.1 Å². The van der Waals surface area contributed by atoms with Crippen molar-refractivity contribution < 1.29 is 24.4 Å². The second-order valence-electron chi connectivity index (χ2n) is 5.69. The summed E-state index contributed by atoms with van der Waals surface area (Å²) in [6.07, 6.45) is 0.528. The molecule has 0 aromatic heterocycles. The molecule has 4 N–H and O–H groups in total. The largest absolute Gasteiger partial charge is 0.481 e. The van der Waals surface area contributed by atoms with Crippen LogP contribution in [-0.2, 0) is 14.4 Å². The van der Waals surface area contributed by atoms with Gasteiger partial charge in [0.25, 0.3) is 5.69 Å². The lowest BCUT2D eigenvalue weighted by Gasteiger charge is -2.26. The summed E-state index contributed by atoms with van der Waals surface area (Å²) < 4.78 is 0. The van der Waals surface area contributed by atoms with Crippen molar-refractivity contribution in [3.63, 3.8) is 0 Å². The van der Waals surface area contributed by atoms with Crippen molar-refractivity contribution in [3.8, 4) is 0 Å². The van der Waals surface area contributed by atoms with Crippen LogP contribution in [0, 0.1) is 10.1 Å². The first-order valence-corrected chi connectivity index (χ1v) is 7.62. The summed E-state index contributed by atoms with van der Waals surface area (Å²) in [5.41, 5.74) is 5.85. The number of nitrogens with two attached hydrogens (primary N) is 1. The number of anilines is 1. The number of carbonyl (C=O) groups is 3. The monoisotopic (exact) mass is 350 g/mol. The van der Waals surface area contributed by atoms with Crippen LogP contribution in [0.2, 0.25) is 0 Å². The first-order valence-electron chi connectivity index (χ1n) is 7.62. The van der Waals surface area contributed by atoms with Gasteiger partial charge in [-0.15, -0.1) is 0 Å². The van der Waals surface area contributed by atoms with E-state index < -0.39 is 41.2 Å². The molecule has 25 heavy (non-hydrogen) atoms.